The molecule has 4 rings (SSSR count). The summed E-state index contributed by atoms with van der Waals surface area (Å²) in [7, 11) is 0. The van der Waals surface area contributed by atoms with E-state index in [0.717, 1.165) is 34.0 Å². The third-order valence-corrected chi connectivity index (χ3v) is 5.77. The third-order valence-electron chi connectivity index (χ3n) is 4.50. The van der Waals surface area contributed by atoms with Gasteiger partial charge in [0.05, 0.1) is 15.9 Å². The molecule has 1 aliphatic carbocycles. The topological polar surface area (TPSA) is 44.9 Å². The predicted octanol–water partition coefficient (Wildman–Crippen LogP) is 5.20. The summed E-state index contributed by atoms with van der Waals surface area (Å²) >= 11 is 7.51. The second kappa shape index (κ2) is 6.46. The van der Waals surface area contributed by atoms with Crippen LogP contribution in [0.4, 0.5) is 0 Å². The molecular weight excluding hydrogens is 340 g/mol. The van der Waals surface area contributed by atoms with Gasteiger partial charge < -0.3 is 10.3 Å². The first kappa shape index (κ1) is 15.5. The minimum atomic E-state index is -0.0440. The SMILES string of the molecule is O=C(N[C@@H]1CCCc2ccccc21)c1c[nH]cc1-c1ccc(Cl)s1. The molecule has 0 unspecified atom stereocenters. The van der Waals surface area contributed by atoms with Gasteiger partial charge in [-0.3, -0.25) is 4.79 Å². The van der Waals surface area contributed by atoms with Crippen LogP contribution in [0.15, 0.2) is 48.8 Å². The number of halogens is 1. The normalized spacial score (nSPS) is 16.6. The number of carbonyl (C=O) groups excluding carboxylic acids is 1. The molecule has 3 aromatic rings. The Hall–Kier alpha value is -2.04. The molecule has 0 bridgehead atoms. The molecule has 1 aliphatic rings. The Bertz CT molecular complexity index is 883. The Morgan fingerprint density at radius 2 is 2.08 bits per heavy atom. The quantitative estimate of drug-likeness (QED) is 0.665. The summed E-state index contributed by atoms with van der Waals surface area (Å²) in [6.45, 7) is 0. The number of aromatic amines is 1. The fourth-order valence-electron chi connectivity index (χ4n) is 3.35. The minimum Gasteiger partial charge on any atom is -0.366 e. The van der Waals surface area contributed by atoms with Gasteiger partial charge in [0.1, 0.15) is 0 Å². The van der Waals surface area contributed by atoms with E-state index in [1.807, 2.05) is 24.4 Å². The highest BCUT2D eigenvalue weighted by Crippen LogP contribution is 2.34. The van der Waals surface area contributed by atoms with E-state index in [9.17, 15) is 4.79 Å². The fraction of sp³-hybridized carbons (Fsp3) is 0.211. The number of fused-ring (bicyclic) bond motifs is 1. The summed E-state index contributed by atoms with van der Waals surface area (Å²) in [5.41, 5.74) is 4.15. The lowest BCUT2D eigenvalue weighted by Gasteiger charge is -2.26. The van der Waals surface area contributed by atoms with Gasteiger partial charge in [0.15, 0.2) is 0 Å². The molecule has 2 N–H and O–H groups in total. The van der Waals surface area contributed by atoms with E-state index in [0.29, 0.717) is 5.56 Å². The molecule has 2 heterocycles. The zero-order valence-corrected chi connectivity index (χ0v) is 14.6. The second-order valence-electron chi connectivity index (χ2n) is 6.00. The smallest absolute Gasteiger partial charge is 0.253 e. The summed E-state index contributed by atoms with van der Waals surface area (Å²) in [6, 6.07) is 12.3. The number of nitrogens with one attached hydrogen (secondary N) is 2. The van der Waals surface area contributed by atoms with Gasteiger partial charge in [0, 0.05) is 22.8 Å². The van der Waals surface area contributed by atoms with E-state index in [1.54, 1.807) is 6.20 Å². The van der Waals surface area contributed by atoms with Crippen LogP contribution in [0.25, 0.3) is 10.4 Å². The summed E-state index contributed by atoms with van der Waals surface area (Å²) in [6.07, 6.45) is 6.78. The molecule has 2 aromatic heterocycles. The van der Waals surface area contributed by atoms with Crippen molar-refractivity contribution in [2.24, 2.45) is 0 Å². The maximum atomic E-state index is 12.8. The molecule has 1 atom stereocenters. The highest BCUT2D eigenvalue weighted by molar-refractivity contribution is 7.19. The van der Waals surface area contributed by atoms with Gasteiger partial charge in [-0.05, 0) is 42.5 Å². The number of hydrogen-bond donors (Lipinski definition) is 2. The number of carbonyl (C=O) groups is 1. The van der Waals surface area contributed by atoms with Crippen molar-refractivity contribution in [3.8, 4) is 10.4 Å². The van der Waals surface area contributed by atoms with Crippen molar-refractivity contribution < 1.29 is 4.79 Å². The van der Waals surface area contributed by atoms with Gasteiger partial charge in [-0.2, -0.15) is 0 Å². The van der Waals surface area contributed by atoms with Crippen molar-refractivity contribution >= 4 is 28.8 Å². The van der Waals surface area contributed by atoms with Crippen molar-refractivity contribution in [2.75, 3.05) is 0 Å². The number of amides is 1. The first-order chi connectivity index (χ1) is 11.7. The maximum Gasteiger partial charge on any atom is 0.253 e. The molecule has 0 aliphatic heterocycles. The average Bonchev–Trinajstić information content (AvgIpc) is 3.24. The molecule has 0 spiro atoms. The lowest BCUT2D eigenvalue weighted by atomic mass is 9.87. The Labute approximate surface area is 149 Å². The molecular formula is C19H17ClN2OS. The Balaban J connectivity index is 1.59. The Kier molecular flexibility index (Phi) is 4.17. The molecule has 0 radical (unpaired) electrons. The molecule has 5 heteroatoms. The number of H-pyrrole nitrogens is 1. The average molecular weight is 357 g/mol. The fourth-order valence-corrected chi connectivity index (χ4v) is 4.43. The van der Waals surface area contributed by atoms with E-state index in [-0.39, 0.29) is 11.9 Å². The Morgan fingerprint density at radius 3 is 2.92 bits per heavy atom. The number of hydrogen-bond acceptors (Lipinski definition) is 2. The molecule has 0 saturated carbocycles. The van der Waals surface area contributed by atoms with Crippen LogP contribution < -0.4 is 5.32 Å². The summed E-state index contributed by atoms with van der Waals surface area (Å²) < 4.78 is 0.721. The van der Waals surface area contributed by atoms with E-state index in [2.05, 4.69) is 28.5 Å². The van der Waals surface area contributed by atoms with Crippen molar-refractivity contribution in [1.29, 1.82) is 0 Å². The third kappa shape index (κ3) is 2.87. The monoisotopic (exact) mass is 356 g/mol. The van der Waals surface area contributed by atoms with E-state index < -0.39 is 0 Å². The number of aromatic nitrogens is 1. The van der Waals surface area contributed by atoms with Crippen LogP contribution in [0.5, 0.6) is 0 Å². The molecule has 3 nitrogen and oxygen atoms in total. The van der Waals surface area contributed by atoms with Crippen LogP contribution in [0.3, 0.4) is 0 Å². The highest BCUT2D eigenvalue weighted by Gasteiger charge is 2.23. The van der Waals surface area contributed by atoms with Gasteiger partial charge in [0.25, 0.3) is 5.91 Å². The van der Waals surface area contributed by atoms with E-state index in [4.69, 9.17) is 11.6 Å². The van der Waals surface area contributed by atoms with Gasteiger partial charge >= 0.3 is 0 Å². The van der Waals surface area contributed by atoms with Gasteiger partial charge in [-0.25, -0.2) is 0 Å². The van der Waals surface area contributed by atoms with Crippen LogP contribution in [-0.2, 0) is 6.42 Å². The van der Waals surface area contributed by atoms with Crippen LogP contribution in [-0.4, -0.2) is 10.9 Å². The summed E-state index contributed by atoms with van der Waals surface area (Å²) in [5, 5.41) is 3.21. The first-order valence-electron chi connectivity index (χ1n) is 8.03. The summed E-state index contributed by atoms with van der Waals surface area (Å²) in [5.74, 6) is -0.0440. The number of aryl methyl sites for hydroxylation is 1. The van der Waals surface area contributed by atoms with E-state index in [1.165, 1.54) is 22.5 Å². The molecule has 0 saturated heterocycles. The molecule has 1 aromatic carbocycles. The van der Waals surface area contributed by atoms with Crippen molar-refractivity contribution in [3.63, 3.8) is 0 Å². The maximum absolute atomic E-state index is 12.8. The standard InChI is InChI=1S/C19H17ClN2OS/c20-18-9-8-17(24-18)14-10-21-11-15(14)19(23)22-16-7-3-5-12-4-1-2-6-13(12)16/h1-2,4,6,8-11,16,21H,3,5,7H2,(H,22,23)/t16-/m1/s1. The molecule has 1 amide bonds. The lowest BCUT2D eigenvalue weighted by Crippen LogP contribution is -2.31. The predicted molar refractivity (Wildman–Crippen MR) is 98.7 cm³/mol. The number of thiophene rings is 1. The number of benzene rings is 1. The van der Waals surface area contributed by atoms with Gasteiger partial charge in [-0.15, -0.1) is 11.3 Å². The zero-order valence-electron chi connectivity index (χ0n) is 13.0. The van der Waals surface area contributed by atoms with Crippen LogP contribution in [0, 0.1) is 0 Å². The van der Waals surface area contributed by atoms with E-state index >= 15 is 0 Å². The molecule has 24 heavy (non-hydrogen) atoms. The molecule has 122 valence electrons. The minimum absolute atomic E-state index is 0.0440. The Morgan fingerprint density at radius 1 is 1.21 bits per heavy atom. The molecule has 0 fully saturated rings. The second-order valence-corrected chi connectivity index (χ2v) is 7.72. The van der Waals surface area contributed by atoms with Crippen molar-refractivity contribution in [2.45, 2.75) is 25.3 Å². The van der Waals surface area contributed by atoms with Crippen molar-refractivity contribution in [3.05, 3.63) is 69.8 Å². The van der Waals surface area contributed by atoms with Crippen LogP contribution >= 0.6 is 22.9 Å². The number of rotatable bonds is 3. The largest absolute Gasteiger partial charge is 0.366 e. The zero-order chi connectivity index (χ0) is 16.5. The lowest BCUT2D eigenvalue weighted by molar-refractivity contribution is 0.0933. The van der Waals surface area contributed by atoms with Crippen molar-refractivity contribution in [1.82, 2.24) is 10.3 Å². The van der Waals surface area contributed by atoms with Gasteiger partial charge in [0.2, 0.25) is 0 Å². The van der Waals surface area contributed by atoms with Crippen LogP contribution in [0.2, 0.25) is 4.34 Å². The van der Waals surface area contributed by atoms with Gasteiger partial charge in [-0.1, -0.05) is 35.9 Å². The summed E-state index contributed by atoms with van der Waals surface area (Å²) in [4.78, 5) is 16.9. The highest BCUT2D eigenvalue weighted by atomic mass is 35.5. The first-order valence-corrected chi connectivity index (χ1v) is 9.23. The van der Waals surface area contributed by atoms with Crippen LogP contribution in [0.1, 0.15) is 40.4 Å².